The van der Waals surface area contributed by atoms with E-state index in [0.717, 1.165) is 11.0 Å². The second kappa shape index (κ2) is 9.62. The van der Waals surface area contributed by atoms with Crippen molar-refractivity contribution in [2.24, 2.45) is 0 Å². The van der Waals surface area contributed by atoms with Gasteiger partial charge in [0.25, 0.3) is 0 Å². The first-order chi connectivity index (χ1) is 12.5. The normalized spacial score (nSPS) is 10.1. The zero-order chi connectivity index (χ0) is 18.9. The minimum atomic E-state index is -0.762. The Morgan fingerprint density at radius 1 is 1.08 bits per heavy atom. The van der Waals surface area contributed by atoms with Crippen molar-refractivity contribution in [3.63, 3.8) is 0 Å². The van der Waals surface area contributed by atoms with Crippen LogP contribution >= 0.6 is 11.8 Å². The average molecular weight is 381 g/mol. The lowest BCUT2D eigenvalue weighted by Crippen LogP contribution is -2.44. The largest absolute Gasteiger partial charge is 0.449 e. The van der Waals surface area contributed by atoms with Gasteiger partial charge in [0.05, 0.1) is 6.61 Å². The predicted molar refractivity (Wildman–Crippen MR) is 94.7 cm³/mol. The third kappa shape index (κ3) is 6.25. The molecule has 9 heteroatoms. The molecule has 0 aliphatic carbocycles. The van der Waals surface area contributed by atoms with Gasteiger partial charge < -0.3 is 10.1 Å². The van der Waals surface area contributed by atoms with Crippen LogP contribution in [0.25, 0.3) is 0 Å². The Morgan fingerprint density at radius 2 is 1.81 bits per heavy atom. The fourth-order valence-electron chi connectivity index (χ4n) is 1.87. The molecule has 6 nitrogen and oxygen atoms in total. The first-order valence-corrected chi connectivity index (χ1v) is 8.63. The van der Waals surface area contributed by atoms with Crippen LogP contribution in [0.1, 0.15) is 12.5 Å². The Labute approximate surface area is 153 Å². The number of rotatable bonds is 5. The molecule has 0 aliphatic rings. The van der Waals surface area contributed by atoms with Crippen LogP contribution in [0.4, 0.5) is 24.1 Å². The van der Waals surface area contributed by atoms with Crippen LogP contribution in [-0.2, 0) is 10.5 Å². The molecule has 3 amide bonds. The highest BCUT2D eigenvalue weighted by Gasteiger charge is 2.06. The first kappa shape index (κ1) is 19.5. The molecule has 26 heavy (non-hydrogen) atoms. The number of thioether (sulfide) groups is 1. The van der Waals surface area contributed by atoms with Crippen LogP contribution in [0.2, 0.25) is 0 Å². The number of nitrogens with one attached hydrogen (secondary N) is 3. The summed E-state index contributed by atoms with van der Waals surface area (Å²) in [6.45, 7) is 1.83. The quantitative estimate of drug-likeness (QED) is 0.539. The van der Waals surface area contributed by atoms with Gasteiger partial charge in [-0.3, -0.25) is 0 Å². The standard InChI is InChI=1S/C17H17F2N3O3S/c1-2-25-17(24)22-21-16(23)20-13-5-7-14(8-6-13)26-10-11-3-4-12(18)9-15(11)19/h3-9H,2,10H2,1H3,(H,22,24)(H2,20,21,23). The lowest BCUT2D eigenvalue weighted by Gasteiger charge is -2.09. The van der Waals surface area contributed by atoms with Gasteiger partial charge in [0.15, 0.2) is 0 Å². The summed E-state index contributed by atoms with van der Waals surface area (Å²) >= 11 is 1.38. The number of amides is 3. The monoisotopic (exact) mass is 381 g/mol. The minimum Gasteiger partial charge on any atom is -0.449 e. The van der Waals surface area contributed by atoms with E-state index in [1.807, 2.05) is 0 Å². The van der Waals surface area contributed by atoms with Crippen molar-refractivity contribution in [1.82, 2.24) is 10.9 Å². The fraction of sp³-hybridized carbons (Fsp3) is 0.176. The van der Waals surface area contributed by atoms with E-state index in [-0.39, 0.29) is 6.61 Å². The van der Waals surface area contributed by atoms with Gasteiger partial charge in [-0.25, -0.2) is 29.2 Å². The summed E-state index contributed by atoms with van der Waals surface area (Å²) in [5.74, 6) is -0.841. The minimum absolute atomic E-state index is 0.191. The zero-order valence-corrected chi connectivity index (χ0v) is 14.7. The molecule has 0 unspecified atom stereocenters. The van der Waals surface area contributed by atoms with Crippen LogP contribution in [0.3, 0.4) is 0 Å². The Kier molecular flexibility index (Phi) is 7.22. The number of hydrogen-bond acceptors (Lipinski definition) is 4. The van der Waals surface area contributed by atoms with E-state index in [0.29, 0.717) is 17.0 Å². The van der Waals surface area contributed by atoms with Crippen LogP contribution in [0, 0.1) is 11.6 Å². The number of hydrazine groups is 1. The van der Waals surface area contributed by atoms with Gasteiger partial charge in [-0.05, 0) is 42.8 Å². The summed E-state index contributed by atoms with van der Waals surface area (Å²) in [6, 6.07) is 9.67. The number of carbonyl (C=O) groups excluding carboxylic acids is 2. The third-order valence-corrected chi connectivity index (χ3v) is 4.14. The topological polar surface area (TPSA) is 79.5 Å². The van der Waals surface area contributed by atoms with Gasteiger partial charge in [-0.2, -0.15) is 0 Å². The predicted octanol–water partition coefficient (Wildman–Crippen LogP) is 4.04. The molecule has 0 aliphatic heterocycles. The Bertz CT molecular complexity index is 772. The molecule has 0 fully saturated rings. The molecule has 2 aromatic rings. The van der Waals surface area contributed by atoms with Crippen LogP contribution in [0.15, 0.2) is 47.4 Å². The molecular weight excluding hydrogens is 364 g/mol. The Morgan fingerprint density at radius 3 is 2.46 bits per heavy atom. The molecule has 3 N–H and O–H groups in total. The first-order valence-electron chi connectivity index (χ1n) is 7.64. The molecule has 0 radical (unpaired) electrons. The summed E-state index contributed by atoms with van der Waals surface area (Å²) in [4.78, 5) is 23.5. The van der Waals surface area contributed by atoms with E-state index in [1.165, 1.54) is 23.9 Å². The fourth-order valence-corrected chi connectivity index (χ4v) is 2.76. The van der Waals surface area contributed by atoms with Gasteiger partial charge in [0.2, 0.25) is 0 Å². The van der Waals surface area contributed by atoms with Crippen molar-refractivity contribution in [3.05, 3.63) is 59.7 Å². The number of anilines is 1. The summed E-state index contributed by atoms with van der Waals surface area (Å²) in [5, 5.41) is 2.52. The second-order valence-electron chi connectivity index (χ2n) is 4.97. The molecule has 0 atom stereocenters. The van der Waals surface area contributed by atoms with Crippen molar-refractivity contribution in [3.8, 4) is 0 Å². The molecule has 0 saturated carbocycles. The number of hydrogen-bond donors (Lipinski definition) is 3. The number of benzene rings is 2. The van der Waals surface area contributed by atoms with Gasteiger partial charge in [-0.15, -0.1) is 11.8 Å². The maximum Gasteiger partial charge on any atom is 0.426 e. The summed E-state index contributed by atoms with van der Waals surface area (Å²) in [6.07, 6.45) is -0.762. The van der Waals surface area contributed by atoms with Crippen molar-refractivity contribution in [2.75, 3.05) is 11.9 Å². The third-order valence-electron chi connectivity index (χ3n) is 3.08. The van der Waals surface area contributed by atoms with Crippen molar-refractivity contribution in [1.29, 1.82) is 0 Å². The summed E-state index contributed by atoms with van der Waals surface area (Å²) in [7, 11) is 0. The van der Waals surface area contributed by atoms with Crippen LogP contribution in [0.5, 0.6) is 0 Å². The van der Waals surface area contributed by atoms with E-state index >= 15 is 0 Å². The summed E-state index contributed by atoms with van der Waals surface area (Å²) < 4.78 is 31.1. The molecule has 0 bridgehead atoms. The average Bonchev–Trinajstić information content (AvgIpc) is 2.61. The zero-order valence-electron chi connectivity index (χ0n) is 13.8. The van der Waals surface area contributed by atoms with Crippen molar-refractivity contribution >= 4 is 29.6 Å². The maximum absolute atomic E-state index is 13.6. The van der Waals surface area contributed by atoms with Crippen molar-refractivity contribution in [2.45, 2.75) is 17.6 Å². The van der Waals surface area contributed by atoms with Crippen LogP contribution in [-0.4, -0.2) is 18.7 Å². The summed E-state index contributed by atoms with van der Waals surface area (Å²) in [5.41, 5.74) is 5.12. The van der Waals surface area contributed by atoms with Gasteiger partial charge >= 0.3 is 12.1 Å². The van der Waals surface area contributed by atoms with Gasteiger partial charge in [-0.1, -0.05) is 6.07 Å². The number of ether oxygens (including phenoxy) is 1. The SMILES string of the molecule is CCOC(=O)NNC(=O)Nc1ccc(SCc2ccc(F)cc2F)cc1. The van der Waals surface area contributed by atoms with Crippen LogP contribution < -0.4 is 16.2 Å². The Balaban J connectivity index is 1.82. The van der Waals surface area contributed by atoms with E-state index in [9.17, 15) is 18.4 Å². The molecule has 138 valence electrons. The molecule has 0 spiro atoms. The van der Waals surface area contributed by atoms with Gasteiger partial charge in [0, 0.05) is 22.4 Å². The maximum atomic E-state index is 13.6. The van der Waals surface area contributed by atoms with E-state index in [2.05, 4.69) is 20.9 Å². The Hall–Kier alpha value is -2.81. The molecule has 2 rings (SSSR count). The van der Waals surface area contributed by atoms with E-state index in [1.54, 1.807) is 31.2 Å². The molecule has 0 saturated heterocycles. The number of halogens is 2. The van der Waals surface area contributed by atoms with E-state index in [4.69, 9.17) is 0 Å². The highest BCUT2D eigenvalue weighted by molar-refractivity contribution is 7.98. The number of carbonyl (C=O) groups is 2. The molecule has 2 aromatic carbocycles. The molecule has 0 heterocycles. The lowest BCUT2D eigenvalue weighted by atomic mass is 10.2. The highest BCUT2D eigenvalue weighted by Crippen LogP contribution is 2.25. The lowest BCUT2D eigenvalue weighted by molar-refractivity contribution is 0.148. The number of urea groups is 1. The van der Waals surface area contributed by atoms with E-state index < -0.39 is 23.8 Å². The highest BCUT2D eigenvalue weighted by atomic mass is 32.2. The molecular formula is C17H17F2N3O3S. The molecule has 0 aromatic heterocycles. The van der Waals surface area contributed by atoms with Crippen molar-refractivity contribution < 1.29 is 23.1 Å². The van der Waals surface area contributed by atoms with Gasteiger partial charge in [0.1, 0.15) is 11.6 Å². The second-order valence-corrected chi connectivity index (χ2v) is 6.02. The smallest absolute Gasteiger partial charge is 0.426 e.